The van der Waals surface area contributed by atoms with Crippen LogP contribution >= 0.6 is 0 Å². The largest absolute Gasteiger partial charge is 0.469 e. The van der Waals surface area contributed by atoms with E-state index < -0.39 is 0 Å². The number of ether oxygens (including phenoxy) is 2. The lowest BCUT2D eigenvalue weighted by atomic mass is 9.78. The third-order valence-electron chi connectivity index (χ3n) is 8.02. The molecule has 0 radical (unpaired) electrons. The van der Waals surface area contributed by atoms with E-state index in [1.807, 2.05) is 6.08 Å². The highest BCUT2D eigenvalue weighted by atomic mass is 19.1. The van der Waals surface area contributed by atoms with E-state index in [9.17, 15) is 9.18 Å². The zero-order valence-corrected chi connectivity index (χ0v) is 19.3. The fourth-order valence-corrected chi connectivity index (χ4v) is 5.96. The Kier molecular flexibility index (Phi) is 7.12. The second-order valence-electron chi connectivity index (χ2n) is 10.0. The SMILES string of the molecule is O=C(NC1CCC(CCN2CCC(C3C=CC=C4OCOC43)CC2)CC1)c1ccc(F)cc1. The lowest BCUT2D eigenvalue weighted by molar-refractivity contribution is 0.0176. The van der Waals surface area contributed by atoms with Gasteiger partial charge in [0.05, 0.1) is 0 Å². The Balaban J connectivity index is 0.996. The number of likely N-dealkylation sites (tertiary alicyclic amines) is 1. The lowest BCUT2D eigenvalue weighted by Gasteiger charge is -2.38. The third kappa shape index (κ3) is 5.49. The maximum Gasteiger partial charge on any atom is 0.251 e. The van der Waals surface area contributed by atoms with Crippen LogP contribution in [0, 0.1) is 23.6 Å². The molecule has 33 heavy (non-hydrogen) atoms. The van der Waals surface area contributed by atoms with E-state index in [1.54, 1.807) is 12.1 Å². The maximum atomic E-state index is 13.1. The maximum absolute atomic E-state index is 13.1. The lowest BCUT2D eigenvalue weighted by Crippen LogP contribution is -2.40. The number of piperidine rings is 1. The molecule has 0 aromatic heterocycles. The highest BCUT2D eigenvalue weighted by molar-refractivity contribution is 5.94. The van der Waals surface area contributed by atoms with Crippen LogP contribution in [-0.2, 0) is 9.47 Å². The van der Waals surface area contributed by atoms with E-state index in [2.05, 4.69) is 22.4 Å². The van der Waals surface area contributed by atoms with Gasteiger partial charge in [-0.2, -0.15) is 0 Å². The molecule has 1 N–H and O–H groups in total. The van der Waals surface area contributed by atoms with Crippen LogP contribution in [0.5, 0.6) is 0 Å². The molecule has 1 aromatic rings. The molecule has 178 valence electrons. The molecular weight excluding hydrogens is 419 g/mol. The Bertz CT molecular complexity index is 868. The summed E-state index contributed by atoms with van der Waals surface area (Å²) in [7, 11) is 0. The van der Waals surface area contributed by atoms with Crippen LogP contribution in [-0.4, -0.2) is 49.4 Å². The van der Waals surface area contributed by atoms with Crippen molar-refractivity contribution in [1.29, 1.82) is 0 Å². The number of nitrogens with one attached hydrogen (secondary N) is 1. The first kappa shape index (κ1) is 22.6. The number of carbonyl (C=O) groups is 1. The number of nitrogens with zero attached hydrogens (tertiary/aromatic N) is 1. The molecule has 2 saturated heterocycles. The molecule has 5 nitrogen and oxygen atoms in total. The molecule has 6 heteroatoms. The summed E-state index contributed by atoms with van der Waals surface area (Å²) in [4.78, 5) is 15.0. The highest BCUT2D eigenvalue weighted by Crippen LogP contribution is 2.37. The van der Waals surface area contributed by atoms with Crippen molar-refractivity contribution in [2.45, 2.75) is 57.1 Å². The van der Waals surface area contributed by atoms with Crippen LogP contribution in [0.3, 0.4) is 0 Å². The summed E-state index contributed by atoms with van der Waals surface area (Å²) in [6, 6.07) is 6.01. The van der Waals surface area contributed by atoms with Crippen molar-refractivity contribution in [3.63, 3.8) is 0 Å². The molecule has 1 amide bonds. The first-order valence-electron chi connectivity index (χ1n) is 12.6. The summed E-state index contributed by atoms with van der Waals surface area (Å²) in [5.41, 5.74) is 0.532. The number of fused-ring (bicyclic) bond motifs is 1. The number of carbonyl (C=O) groups excluding carboxylic acids is 1. The molecule has 2 atom stereocenters. The quantitative estimate of drug-likeness (QED) is 0.679. The number of benzene rings is 1. The van der Waals surface area contributed by atoms with Gasteiger partial charge in [-0.1, -0.05) is 12.2 Å². The summed E-state index contributed by atoms with van der Waals surface area (Å²) in [6.07, 6.45) is 14.7. The average molecular weight is 455 g/mol. The van der Waals surface area contributed by atoms with Crippen LogP contribution in [0.1, 0.15) is 55.3 Å². The zero-order valence-electron chi connectivity index (χ0n) is 19.3. The Morgan fingerprint density at radius 1 is 1.06 bits per heavy atom. The van der Waals surface area contributed by atoms with Gasteiger partial charge in [-0.15, -0.1) is 0 Å². The average Bonchev–Trinajstić information content (AvgIpc) is 3.34. The Hall–Kier alpha value is -2.18. The number of hydrogen-bond donors (Lipinski definition) is 1. The standard InChI is InChI=1S/C27H35FN2O3/c28-22-8-6-21(7-9-22)27(31)29-23-10-4-19(5-11-23)12-15-30-16-13-20(14-17-30)24-2-1-3-25-26(24)33-18-32-25/h1-3,6-9,19-20,23-24,26H,4-5,10-18H2,(H,29,31). The summed E-state index contributed by atoms with van der Waals surface area (Å²) < 4.78 is 24.5. The van der Waals surface area contributed by atoms with Gasteiger partial charge in [-0.25, -0.2) is 4.39 Å². The normalized spacial score (nSPS) is 30.4. The molecule has 4 aliphatic rings. The van der Waals surface area contributed by atoms with Crippen LogP contribution in [0.4, 0.5) is 4.39 Å². The molecule has 2 aliphatic carbocycles. The van der Waals surface area contributed by atoms with E-state index >= 15 is 0 Å². The fourth-order valence-electron chi connectivity index (χ4n) is 5.96. The van der Waals surface area contributed by atoms with Gasteiger partial charge in [-0.3, -0.25) is 4.79 Å². The molecule has 5 rings (SSSR count). The van der Waals surface area contributed by atoms with Crippen LogP contribution in [0.2, 0.25) is 0 Å². The predicted molar refractivity (Wildman–Crippen MR) is 125 cm³/mol. The van der Waals surface area contributed by atoms with Crippen molar-refractivity contribution in [2.75, 3.05) is 26.4 Å². The van der Waals surface area contributed by atoms with E-state index in [0.717, 1.165) is 24.5 Å². The van der Waals surface area contributed by atoms with Crippen LogP contribution < -0.4 is 5.32 Å². The summed E-state index contributed by atoms with van der Waals surface area (Å²) in [5, 5.41) is 3.13. The van der Waals surface area contributed by atoms with Crippen molar-refractivity contribution in [3.05, 3.63) is 59.6 Å². The molecule has 0 spiro atoms. The van der Waals surface area contributed by atoms with Gasteiger partial charge in [-0.05, 0) is 107 Å². The second-order valence-corrected chi connectivity index (χ2v) is 10.0. The minimum atomic E-state index is -0.314. The summed E-state index contributed by atoms with van der Waals surface area (Å²) in [5.74, 6) is 2.48. The van der Waals surface area contributed by atoms with E-state index in [0.29, 0.717) is 24.2 Å². The predicted octanol–water partition coefficient (Wildman–Crippen LogP) is 4.66. The topological polar surface area (TPSA) is 50.8 Å². The van der Waals surface area contributed by atoms with E-state index in [4.69, 9.17) is 9.47 Å². The number of allylic oxidation sites excluding steroid dienone is 2. The van der Waals surface area contributed by atoms with Gasteiger partial charge in [0.2, 0.25) is 0 Å². The van der Waals surface area contributed by atoms with Gasteiger partial charge in [0.25, 0.3) is 5.91 Å². The van der Waals surface area contributed by atoms with Gasteiger partial charge in [0.15, 0.2) is 6.79 Å². The molecular formula is C27H35FN2O3. The molecule has 0 bridgehead atoms. The molecule has 1 aromatic carbocycles. The van der Waals surface area contributed by atoms with E-state index in [-0.39, 0.29) is 23.9 Å². The molecule has 3 fully saturated rings. The monoisotopic (exact) mass is 454 g/mol. The first-order valence-corrected chi connectivity index (χ1v) is 12.6. The van der Waals surface area contributed by atoms with Crippen molar-refractivity contribution < 1.29 is 18.7 Å². The molecule has 2 heterocycles. The fraction of sp³-hybridized carbons (Fsp3) is 0.593. The number of halogens is 1. The number of amides is 1. The number of hydrogen-bond acceptors (Lipinski definition) is 4. The minimum absolute atomic E-state index is 0.0914. The van der Waals surface area contributed by atoms with Crippen molar-refractivity contribution in [1.82, 2.24) is 10.2 Å². The highest BCUT2D eigenvalue weighted by Gasteiger charge is 2.38. The van der Waals surface area contributed by atoms with Gasteiger partial charge in [0, 0.05) is 17.5 Å². The van der Waals surface area contributed by atoms with Crippen molar-refractivity contribution in [2.24, 2.45) is 17.8 Å². The van der Waals surface area contributed by atoms with Gasteiger partial charge >= 0.3 is 0 Å². The smallest absolute Gasteiger partial charge is 0.251 e. The second kappa shape index (κ2) is 10.4. The zero-order chi connectivity index (χ0) is 22.6. The van der Waals surface area contributed by atoms with Gasteiger partial charge < -0.3 is 19.7 Å². The Labute approximate surface area is 196 Å². The molecule has 1 saturated carbocycles. The Morgan fingerprint density at radius 2 is 1.82 bits per heavy atom. The van der Waals surface area contributed by atoms with Crippen LogP contribution in [0.25, 0.3) is 0 Å². The molecule has 2 aliphatic heterocycles. The minimum Gasteiger partial charge on any atom is -0.469 e. The van der Waals surface area contributed by atoms with Crippen LogP contribution in [0.15, 0.2) is 48.3 Å². The molecule has 2 unspecified atom stereocenters. The summed E-state index contributed by atoms with van der Waals surface area (Å²) >= 11 is 0. The van der Waals surface area contributed by atoms with Crippen molar-refractivity contribution >= 4 is 5.91 Å². The third-order valence-corrected chi connectivity index (χ3v) is 8.02. The summed E-state index contributed by atoms with van der Waals surface area (Å²) in [6.45, 7) is 3.92. The Morgan fingerprint density at radius 3 is 2.58 bits per heavy atom. The van der Waals surface area contributed by atoms with E-state index in [1.165, 1.54) is 63.9 Å². The van der Waals surface area contributed by atoms with Crippen molar-refractivity contribution in [3.8, 4) is 0 Å². The van der Waals surface area contributed by atoms with Gasteiger partial charge in [0.1, 0.15) is 17.7 Å². The first-order chi connectivity index (χ1) is 16.2. The number of rotatable bonds is 6.